The SMILES string of the molecule is COC1CC(C2CC(O)CC(CCC3CCC(O)C(OCNCC(C)O)C3)O2)CC(OCC2NC(C)CCC2(CC(=O)O)CC2CCNC(N)C2)C1O. The van der Waals surface area contributed by atoms with Gasteiger partial charge in [0.05, 0.1) is 74.8 Å². The van der Waals surface area contributed by atoms with Crippen molar-refractivity contribution in [3.8, 4) is 0 Å². The maximum Gasteiger partial charge on any atom is 0.303 e. The fraction of sp³-hybridized carbons (Fsp3) is 0.974. The summed E-state index contributed by atoms with van der Waals surface area (Å²) in [5.41, 5.74) is 5.77. The smallest absolute Gasteiger partial charge is 0.303 e. The predicted molar refractivity (Wildman–Crippen MR) is 199 cm³/mol. The lowest BCUT2D eigenvalue weighted by molar-refractivity contribution is -0.181. The minimum absolute atomic E-state index is 0.0146. The number of nitrogens with two attached hydrogens (primary N) is 1. The molecular formula is C39H72N4O10. The highest BCUT2D eigenvalue weighted by atomic mass is 16.5. The highest BCUT2D eigenvalue weighted by Crippen LogP contribution is 2.45. The molecule has 3 heterocycles. The Balaban J connectivity index is 1.18. The molecule has 2 aliphatic carbocycles. The number of aliphatic hydroxyl groups is 4. The first-order valence-corrected chi connectivity index (χ1v) is 20.6. The third kappa shape index (κ3) is 12.5. The van der Waals surface area contributed by atoms with Crippen molar-refractivity contribution in [1.82, 2.24) is 16.0 Å². The molecule has 308 valence electrons. The molecule has 10 N–H and O–H groups in total. The van der Waals surface area contributed by atoms with E-state index in [1.165, 1.54) is 0 Å². The van der Waals surface area contributed by atoms with E-state index in [0.717, 1.165) is 64.3 Å². The Morgan fingerprint density at radius 2 is 1.77 bits per heavy atom. The summed E-state index contributed by atoms with van der Waals surface area (Å²) < 4.78 is 25.1. The zero-order chi connectivity index (χ0) is 38.1. The van der Waals surface area contributed by atoms with Gasteiger partial charge in [0, 0.05) is 25.7 Å². The molecular weight excluding hydrogens is 684 g/mol. The monoisotopic (exact) mass is 757 g/mol. The minimum atomic E-state index is -0.836. The summed E-state index contributed by atoms with van der Waals surface area (Å²) in [6.45, 7) is 5.69. The molecule has 0 aromatic carbocycles. The normalized spacial score (nSPS) is 43.3. The van der Waals surface area contributed by atoms with Gasteiger partial charge in [0.15, 0.2) is 0 Å². The van der Waals surface area contributed by atoms with Crippen molar-refractivity contribution < 1.29 is 49.3 Å². The summed E-state index contributed by atoms with van der Waals surface area (Å²) >= 11 is 0. The van der Waals surface area contributed by atoms with Crippen LogP contribution in [0.1, 0.15) is 110 Å². The number of methoxy groups -OCH3 is 1. The quantitative estimate of drug-likeness (QED) is 0.0762. The zero-order valence-electron chi connectivity index (χ0n) is 32.4. The molecule has 14 heteroatoms. The van der Waals surface area contributed by atoms with Gasteiger partial charge in [-0.15, -0.1) is 0 Å². The molecule has 0 aromatic rings. The minimum Gasteiger partial charge on any atom is -0.481 e. The van der Waals surface area contributed by atoms with E-state index >= 15 is 0 Å². The van der Waals surface area contributed by atoms with E-state index in [-0.39, 0.29) is 62.2 Å². The van der Waals surface area contributed by atoms with Crippen LogP contribution in [-0.2, 0) is 23.7 Å². The Labute approximate surface area is 316 Å². The maximum absolute atomic E-state index is 12.3. The highest BCUT2D eigenvalue weighted by molar-refractivity contribution is 5.68. The molecule has 16 atom stereocenters. The summed E-state index contributed by atoms with van der Waals surface area (Å²) in [4.78, 5) is 12.3. The number of piperidine rings is 2. The molecule has 5 fully saturated rings. The number of carbonyl (C=O) groups is 1. The van der Waals surface area contributed by atoms with E-state index in [0.29, 0.717) is 50.5 Å². The van der Waals surface area contributed by atoms with E-state index in [4.69, 9.17) is 24.7 Å². The zero-order valence-corrected chi connectivity index (χ0v) is 32.4. The predicted octanol–water partition coefficient (Wildman–Crippen LogP) is 1.60. The van der Waals surface area contributed by atoms with E-state index in [1.54, 1.807) is 14.0 Å². The molecule has 0 amide bonds. The van der Waals surface area contributed by atoms with Crippen LogP contribution in [0.3, 0.4) is 0 Å². The van der Waals surface area contributed by atoms with Gasteiger partial charge in [0.2, 0.25) is 0 Å². The average Bonchev–Trinajstić information content (AvgIpc) is 3.10. The number of aliphatic carboxylic acids is 1. The average molecular weight is 757 g/mol. The van der Waals surface area contributed by atoms with Crippen molar-refractivity contribution in [3.63, 3.8) is 0 Å². The second-order valence-corrected chi connectivity index (χ2v) is 17.5. The van der Waals surface area contributed by atoms with Crippen molar-refractivity contribution in [2.75, 3.05) is 33.5 Å². The first-order chi connectivity index (χ1) is 25.3. The molecule has 3 saturated heterocycles. The lowest BCUT2D eigenvalue weighted by Crippen LogP contribution is -2.59. The number of ether oxygens (including phenoxy) is 4. The molecule has 2 saturated carbocycles. The van der Waals surface area contributed by atoms with Crippen molar-refractivity contribution in [1.29, 1.82) is 0 Å². The van der Waals surface area contributed by atoms with E-state index in [2.05, 4.69) is 22.9 Å². The van der Waals surface area contributed by atoms with Crippen molar-refractivity contribution in [2.24, 2.45) is 28.9 Å². The van der Waals surface area contributed by atoms with E-state index < -0.39 is 48.0 Å². The Hall–Kier alpha value is -1.01. The van der Waals surface area contributed by atoms with Gasteiger partial charge in [-0.1, -0.05) is 0 Å². The highest BCUT2D eigenvalue weighted by Gasteiger charge is 2.48. The van der Waals surface area contributed by atoms with Gasteiger partial charge < -0.3 is 60.8 Å². The van der Waals surface area contributed by atoms with Gasteiger partial charge in [0.25, 0.3) is 0 Å². The van der Waals surface area contributed by atoms with Crippen LogP contribution in [0.15, 0.2) is 0 Å². The summed E-state index contributed by atoms with van der Waals surface area (Å²) in [6.07, 6.45) is 6.79. The summed E-state index contributed by atoms with van der Waals surface area (Å²) in [5, 5.41) is 62.7. The Morgan fingerprint density at radius 3 is 2.51 bits per heavy atom. The summed E-state index contributed by atoms with van der Waals surface area (Å²) in [5.74, 6) is -0.0740. The number of carboxylic acids is 1. The molecule has 5 rings (SSSR count). The maximum atomic E-state index is 12.3. The number of aliphatic hydroxyl groups excluding tert-OH is 4. The number of hydrogen-bond donors (Lipinski definition) is 9. The van der Waals surface area contributed by atoms with Gasteiger partial charge in [-0.25, -0.2) is 0 Å². The Morgan fingerprint density at radius 1 is 0.981 bits per heavy atom. The van der Waals surface area contributed by atoms with Gasteiger partial charge in [-0.2, -0.15) is 0 Å². The number of nitrogens with one attached hydrogen (secondary N) is 3. The summed E-state index contributed by atoms with van der Waals surface area (Å²) in [6, 6.07) is 0.0334. The lowest BCUT2D eigenvalue weighted by atomic mass is 9.64. The van der Waals surface area contributed by atoms with E-state index in [1.807, 2.05) is 0 Å². The molecule has 3 aliphatic heterocycles. The Bertz CT molecular complexity index is 1110. The first-order valence-electron chi connectivity index (χ1n) is 20.6. The van der Waals surface area contributed by atoms with Crippen LogP contribution in [0.4, 0.5) is 0 Å². The van der Waals surface area contributed by atoms with Crippen LogP contribution in [0, 0.1) is 23.2 Å². The van der Waals surface area contributed by atoms with E-state index in [9.17, 15) is 30.3 Å². The van der Waals surface area contributed by atoms with Crippen molar-refractivity contribution in [2.45, 2.75) is 183 Å². The van der Waals surface area contributed by atoms with Gasteiger partial charge in [0.1, 0.15) is 6.10 Å². The third-order valence-corrected chi connectivity index (χ3v) is 13.2. The van der Waals surface area contributed by atoms with Crippen LogP contribution in [-0.4, -0.2) is 138 Å². The largest absolute Gasteiger partial charge is 0.481 e. The molecule has 0 spiro atoms. The topological polar surface area (TPSA) is 217 Å². The molecule has 5 aliphatic rings. The van der Waals surface area contributed by atoms with Crippen LogP contribution >= 0.6 is 0 Å². The lowest BCUT2D eigenvalue weighted by Gasteiger charge is -2.49. The number of carboxylic acid groups (broad SMARTS) is 1. The fourth-order valence-electron chi connectivity index (χ4n) is 10.3. The van der Waals surface area contributed by atoms with Crippen molar-refractivity contribution in [3.05, 3.63) is 0 Å². The van der Waals surface area contributed by atoms with Gasteiger partial charge >= 0.3 is 5.97 Å². The molecule has 0 aromatic heterocycles. The number of rotatable bonds is 17. The number of hydrogen-bond acceptors (Lipinski definition) is 13. The van der Waals surface area contributed by atoms with Crippen molar-refractivity contribution >= 4 is 5.97 Å². The van der Waals surface area contributed by atoms with Crippen LogP contribution < -0.4 is 21.7 Å². The van der Waals surface area contributed by atoms with Gasteiger partial charge in [-0.05, 0) is 133 Å². The van der Waals surface area contributed by atoms with Crippen LogP contribution in [0.2, 0.25) is 0 Å². The first kappa shape index (κ1) is 43.1. The molecule has 14 nitrogen and oxygen atoms in total. The third-order valence-electron chi connectivity index (χ3n) is 13.2. The summed E-state index contributed by atoms with van der Waals surface area (Å²) in [7, 11) is 1.61. The Kier molecular flexibility index (Phi) is 16.6. The molecule has 16 unspecified atom stereocenters. The molecule has 0 bridgehead atoms. The van der Waals surface area contributed by atoms with Crippen LogP contribution in [0.5, 0.6) is 0 Å². The molecule has 0 radical (unpaired) electrons. The second-order valence-electron chi connectivity index (χ2n) is 17.5. The van der Waals surface area contributed by atoms with Gasteiger partial charge in [-0.3, -0.25) is 10.1 Å². The van der Waals surface area contributed by atoms with Crippen LogP contribution in [0.25, 0.3) is 0 Å². The molecule has 53 heavy (non-hydrogen) atoms. The fourth-order valence-corrected chi connectivity index (χ4v) is 10.3. The standard InChI is InChI=1S/C39H72N4O10/c1-23-8-10-39(19-37(47)48,18-26-9-11-42-36(40)13-26)35(43-23)21-51-34-15-27(14-33(50-3)38(34)49)31-17-28(45)16-29(53-31)6-4-25-5-7-30(46)32(12-25)52-22-41-20-24(2)44/h23-36,38,41-46,49H,4-22,40H2,1-3H3,(H,47,48). The second kappa shape index (κ2) is 20.4.